The van der Waals surface area contributed by atoms with E-state index in [9.17, 15) is 5.11 Å². The van der Waals surface area contributed by atoms with Crippen LogP contribution in [0.15, 0.2) is 164 Å². The van der Waals surface area contributed by atoms with Crippen molar-refractivity contribution in [1.29, 1.82) is 0 Å². The number of ether oxygens (including phenoxy) is 6. The summed E-state index contributed by atoms with van der Waals surface area (Å²) in [6.07, 6.45) is 17.1. The van der Waals surface area contributed by atoms with E-state index in [0.717, 1.165) is 40.7 Å². The molecular formula is C60H78O7. The van der Waals surface area contributed by atoms with Crippen molar-refractivity contribution < 1.29 is 33.5 Å². The molecule has 0 spiro atoms. The lowest BCUT2D eigenvalue weighted by Crippen LogP contribution is -2.61. The summed E-state index contributed by atoms with van der Waals surface area (Å²) < 4.78 is 40.9. The maximum atomic E-state index is 11.7. The third-order valence-corrected chi connectivity index (χ3v) is 12.7. The van der Waals surface area contributed by atoms with Crippen LogP contribution >= 0.6 is 0 Å². The molecule has 1 fully saturated rings. The molecule has 1 aliphatic heterocycles. The predicted molar refractivity (Wildman–Crippen MR) is 270 cm³/mol. The van der Waals surface area contributed by atoms with Crippen molar-refractivity contribution in [2.45, 2.75) is 173 Å². The van der Waals surface area contributed by atoms with Crippen LogP contribution in [0.1, 0.15) is 125 Å². The Hall–Kier alpha value is -4.44. The molecule has 0 aliphatic carbocycles. The molecule has 1 aliphatic rings. The first-order valence-electron chi connectivity index (χ1n) is 25.4. The molecule has 0 unspecified atom stereocenters. The minimum absolute atomic E-state index is 0.297. The topological polar surface area (TPSA) is 75.6 Å². The lowest BCUT2D eigenvalue weighted by atomic mass is 9.92. The fraction of sp³-hybridized carbons (Fsp3) is 0.467. The summed E-state index contributed by atoms with van der Waals surface area (Å²) in [6, 6.07) is 51.1. The van der Waals surface area contributed by atoms with Crippen LogP contribution in [0.25, 0.3) is 0 Å². The van der Waals surface area contributed by atoms with E-state index >= 15 is 0 Å². The molecule has 1 heterocycles. The minimum atomic E-state index is -0.641. The summed E-state index contributed by atoms with van der Waals surface area (Å²) in [6.45, 7) is 4.55. The highest BCUT2D eigenvalue weighted by Crippen LogP contribution is 2.33. The zero-order chi connectivity index (χ0) is 46.4. The van der Waals surface area contributed by atoms with E-state index in [0.29, 0.717) is 52.5 Å². The summed E-state index contributed by atoms with van der Waals surface area (Å²) in [5.74, 6) is 0. The van der Waals surface area contributed by atoms with E-state index in [2.05, 4.69) is 73.7 Å². The maximum Gasteiger partial charge on any atom is 0.115 e. The fourth-order valence-corrected chi connectivity index (χ4v) is 8.84. The van der Waals surface area contributed by atoms with Gasteiger partial charge in [0.1, 0.15) is 30.5 Å². The lowest BCUT2D eigenvalue weighted by Gasteiger charge is -2.46. The van der Waals surface area contributed by atoms with Gasteiger partial charge in [0, 0.05) is 0 Å². The molecule has 0 amide bonds. The second-order valence-corrected chi connectivity index (χ2v) is 18.2. The highest BCUT2D eigenvalue weighted by Gasteiger charge is 2.48. The molecular weight excluding hydrogens is 833 g/mol. The van der Waals surface area contributed by atoms with Crippen LogP contribution in [0.5, 0.6) is 0 Å². The van der Waals surface area contributed by atoms with Crippen LogP contribution in [0.2, 0.25) is 0 Å². The zero-order valence-corrected chi connectivity index (χ0v) is 40.2. The van der Waals surface area contributed by atoms with Gasteiger partial charge in [-0.2, -0.15) is 0 Å². The maximum absolute atomic E-state index is 11.7. The SMILES string of the molecule is CCCCCCCCCCCCCC[C@@H](O)[C@H](C=CC[C@H]1O[C@H](COCc2ccccc2)[C@H](OCc2ccccc2)[C@H](OCc2ccccc2)[C@H]1OCc1ccccc1)OCc1ccccc1. The number of unbranched alkanes of at least 4 members (excludes halogenated alkanes) is 11. The first-order chi connectivity index (χ1) is 33.2. The van der Waals surface area contributed by atoms with Crippen molar-refractivity contribution >= 4 is 0 Å². The Balaban J connectivity index is 1.19. The highest BCUT2D eigenvalue weighted by atomic mass is 16.6. The van der Waals surface area contributed by atoms with Crippen molar-refractivity contribution in [3.8, 4) is 0 Å². The molecule has 7 atom stereocenters. The van der Waals surface area contributed by atoms with Gasteiger partial charge in [-0.1, -0.05) is 248 Å². The molecule has 6 rings (SSSR count). The second-order valence-electron chi connectivity index (χ2n) is 18.2. The number of benzene rings is 5. The normalized spacial score (nSPS) is 19.4. The van der Waals surface area contributed by atoms with Crippen LogP contribution < -0.4 is 0 Å². The first-order valence-corrected chi connectivity index (χ1v) is 25.4. The monoisotopic (exact) mass is 911 g/mol. The van der Waals surface area contributed by atoms with Crippen LogP contribution in [0.4, 0.5) is 0 Å². The zero-order valence-electron chi connectivity index (χ0n) is 40.2. The molecule has 360 valence electrons. The molecule has 5 aromatic carbocycles. The standard InChI is InChI=1S/C60H78O7/c1-2-3-4-5-6-7-8-9-10-11-12-28-40-54(61)55(63-44-50-32-20-14-21-33-50)41-29-42-56-58(64-45-51-34-22-15-23-35-51)60(66-47-53-38-26-17-27-39-53)59(65-46-52-36-24-16-25-37-52)57(67-56)48-62-43-49-30-18-13-19-31-49/h13-27,29-39,41,54-61H,2-12,28,40,42-48H2,1H3/t54-,55+,56-,57-,58+,59+,60-/m1/s1. The molecule has 0 saturated carbocycles. The van der Waals surface area contributed by atoms with Gasteiger partial charge in [-0.3, -0.25) is 0 Å². The van der Waals surface area contributed by atoms with Crippen LogP contribution in [0.3, 0.4) is 0 Å². The molecule has 67 heavy (non-hydrogen) atoms. The van der Waals surface area contributed by atoms with Gasteiger partial charge >= 0.3 is 0 Å². The molecule has 7 nitrogen and oxygen atoms in total. The summed E-state index contributed by atoms with van der Waals surface area (Å²) in [5.41, 5.74) is 5.34. The second kappa shape index (κ2) is 31.6. The Morgan fingerprint density at radius 1 is 0.463 bits per heavy atom. The summed E-state index contributed by atoms with van der Waals surface area (Å²) in [4.78, 5) is 0. The van der Waals surface area contributed by atoms with Gasteiger partial charge in [0.25, 0.3) is 0 Å². The van der Waals surface area contributed by atoms with Gasteiger partial charge in [-0.15, -0.1) is 0 Å². The Morgan fingerprint density at radius 2 is 0.851 bits per heavy atom. The van der Waals surface area contributed by atoms with E-state index in [1.165, 1.54) is 64.2 Å². The number of aliphatic hydroxyl groups is 1. The van der Waals surface area contributed by atoms with Crippen LogP contribution in [-0.2, 0) is 61.5 Å². The lowest BCUT2D eigenvalue weighted by molar-refractivity contribution is -0.271. The summed E-state index contributed by atoms with van der Waals surface area (Å²) >= 11 is 0. The Bertz CT molecular complexity index is 1980. The summed E-state index contributed by atoms with van der Waals surface area (Å²) in [5, 5.41) is 11.7. The molecule has 7 heteroatoms. The number of hydrogen-bond donors (Lipinski definition) is 1. The van der Waals surface area contributed by atoms with E-state index in [4.69, 9.17) is 28.4 Å². The highest BCUT2D eigenvalue weighted by molar-refractivity contribution is 5.17. The Kier molecular flexibility index (Phi) is 24.5. The van der Waals surface area contributed by atoms with Gasteiger partial charge in [0.2, 0.25) is 0 Å². The van der Waals surface area contributed by atoms with Crippen molar-refractivity contribution in [2.24, 2.45) is 0 Å². The van der Waals surface area contributed by atoms with Gasteiger partial charge in [-0.05, 0) is 40.7 Å². The number of rotatable bonds is 33. The molecule has 1 saturated heterocycles. The van der Waals surface area contributed by atoms with E-state index in [1.54, 1.807) is 0 Å². The molecule has 0 radical (unpaired) electrons. The smallest absolute Gasteiger partial charge is 0.115 e. The fourth-order valence-electron chi connectivity index (χ4n) is 8.84. The van der Waals surface area contributed by atoms with E-state index in [-0.39, 0.29) is 0 Å². The molecule has 1 N–H and O–H groups in total. The van der Waals surface area contributed by atoms with Gasteiger partial charge in [0.15, 0.2) is 0 Å². The van der Waals surface area contributed by atoms with Gasteiger partial charge in [0.05, 0.1) is 51.8 Å². The van der Waals surface area contributed by atoms with Gasteiger partial charge in [-0.25, -0.2) is 0 Å². The third kappa shape index (κ3) is 19.6. The number of aliphatic hydroxyl groups excluding tert-OH is 1. The Morgan fingerprint density at radius 3 is 1.31 bits per heavy atom. The Labute approximate surface area is 402 Å². The molecule has 0 bridgehead atoms. The van der Waals surface area contributed by atoms with Crippen molar-refractivity contribution in [2.75, 3.05) is 6.61 Å². The quantitative estimate of drug-likeness (QED) is 0.0332. The van der Waals surface area contributed by atoms with Crippen molar-refractivity contribution in [3.05, 3.63) is 192 Å². The first kappa shape index (κ1) is 51.9. The predicted octanol–water partition coefficient (Wildman–Crippen LogP) is 13.7. The average molecular weight is 911 g/mol. The van der Waals surface area contributed by atoms with E-state index < -0.39 is 42.7 Å². The minimum Gasteiger partial charge on any atom is -0.390 e. The van der Waals surface area contributed by atoms with Crippen LogP contribution in [-0.4, -0.2) is 54.4 Å². The third-order valence-electron chi connectivity index (χ3n) is 12.7. The van der Waals surface area contributed by atoms with Crippen molar-refractivity contribution in [3.63, 3.8) is 0 Å². The van der Waals surface area contributed by atoms with Gasteiger partial charge < -0.3 is 33.5 Å². The summed E-state index contributed by atoms with van der Waals surface area (Å²) in [7, 11) is 0. The van der Waals surface area contributed by atoms with Crippen LogP contribution in [0, 0.1) is 0 Å². The number of hydrogen-bond acceptors (Lipinski definition) is 7. The average Bonchev–Trinajstić information content (AvgIpc) is 3.37. The van der Waals surface area contributed by atoms with E-state index in [1.807, 2.05) is 97.1 Å². The largest absolute Gasteiger partial charge is 0.390 e. The van der Waals surface area contributed by atoms with Crippen molar-refractivity contribution in [1.82, 2.24) is 0 Å². The molecule has 0 aromatic heterocycles. The molecule has 5 aromatic rings.